The number of benzene rings is 1. The van der Waals surface area contributed by atoms with Gasteiger partial charge in [0.1, 0.15) is 5.82 Å². The molecule has 15 heavy (non-hydrogen) atoms. The van der Waals surface area contributed by atoms with E-state index in [4.69, 9.17) is 5.73 Å². The van der Waals surface area contributed by atoms with Crippen molar-refractivity contribution in [3.05, 3.63) is 35.6 Å². The minimum atomic E-state index is -0.461. The van der Waals surface area contributed by atoms with Crippen molar-refractivity contribution >= 4 is 5.78 Å². The zero-order valence-electron chi connectivity index (χ0n) is 9.09. The highest BCUT2D eigenvalue weighted by atomic mass is 19.1. The highest BCUT2D eigenvalue weighted by Crippen LogP contribution is 2.14. The molecule has 1 aromatic carbocycles. The van der Waals surface area contributed by atoms with Crippen molar-refractivity contribution in [1.82, 2.24) is 0 Å². The molecule has 0 saturated carbocycles. The predicted molar refractivity (Wildman–Crippen MR) is 58.2 cm³/mol. The second-order valence-electron chi connectivity index (χ2n) is 4.39. The van der Waals surface area contributed by atoms with Crippen molar-refractivity contribution in [3.8, 4) is 0 Å². The van der Waals surface area contributed by atoms with E-state index in [0.717, 1.165) is 0 Å². The topological polar surface area (TPSA) is 43.1 Å². The number of carbonyl (C=O) groups is 1. The fourth-order valence-corrected chi connectivity index (χ4v) is 1.26. The van der Waals surface area contributed by atoms with Crippen LogP contribution in [-0.4, -0.2) is 11.3 Å². The number of Topliss-reactive ketones (excluding diaryl/α,β-unsaturated/α-hetero) is 1. The summed E-state index contributed by atoms with van der Waals surface area (Å²) in [5, 5.41) is 0. The molecule has 0 spiro atoms. The van der Waals surface area contributed by atoms with Crippen molar-refractivity contribution in [2.45, 2.75) is 32.2 Å². The molecular weight excluding hydrogens is 193 g/mol. The van der Waals surface area contributed by atoms with Gasteiger partial charge in [-0.3, -0.25) is 4.79 Å². The zero-order chi connectivity index (χ0) is 11.5. The summed E-state index contributed by atoms with van der Waals surface area (Å²) in [4.78, 5) is 11.6. The Balaban J connectivity index is 2.66. The van der Waals surface area contributed by atoms with Crippen molar-refractivity contribution in [2.75, 3.05) is 0 Å². The second kappa shape index (κ2) is 4.53. The van der Waals surface area contributed by atoms with E-state index in [2.05, 4.69) is 0 Å². The summed E-state index contributed by atoms with van der Waals surface area (Å²) in [7, 11) is 0. The van der Waals surface area contributed by atoms with Gasteiger partial charge < -0.3 is 5.73 Å². The fourth-order valence-electron chi connectivity index (χ4n) is 1.26. The van der Waals surface area contributed by atoms with E-state index in [0.29, 0.717) is 6.42 Å². The highest BCUT2D eigenvalue weighted by molar-refractivity contribution is 5.96. The van der Waals surface area contributed by atoms with E-state index in [1.165, 1.54) is 12.1 Å². The molecule has 82 valence electrons. The number of hydrogen-bond acceptors (Lipinski definition) is 2. The van der Waals surface area contributed by atoms with E-state index < -0.39 is 5.82 Å². The average Bonchev–Trinajstić information content (AvgIpc) is 2.14. The van der Waals surface area contributed by atoms with Gasteiger partial charge in [0.05, 0.1) is 5.56 Å². The molecule has 1 aromatic rings. The van der Waals surface area contributed by atoms with Crippen molar-refractivity contribution in [2.24, 2.45) is 5.73 Å². The molecule has 0 unspecified atom stereocenters. The van der Waals surface area contributed by atoms with Crippen LogP contribution in [0.5, 0.6) is 0 Å². The van der Waals surface area contributed by atoms with Gasteiger partial charge in [0.25, 0.3) is 0 Å². The molecule has 0 radical (unpaired) electrons. The van der Waals surface area contributed by atoms with Gasteiger partial charge in [-0.25, -0.2) is 4.39 Å². The second-order valence-corrected chi connectivity index (χ2v) is 4.39. The van der Waals surface area contributed by atoms with Crippen LogP contribution in [0.4, 0.5) is 4.39 Å². The number of halogens is 1. The standard InChI is InChI=1S/C12H16FNO/c1-12(2,14)8-7-11(15)9-5-3-4-6-10(9)13/h3-6H,7-8,14H2,1-2H3. The SMILES string of the molecule is CC(C)(N)CCC(=O)c1ccccc1F. The third-order valence-corrected chi connectivity index (χ3v) is 2.17. The predicted octanol–water partition coefficient (Wildman–Crippen LogP) is 2.53. The monoisotopic (exact) mass is 209 g/mol. The summed E-state index contributed by atoms with van der Waals surface area (Å²) >= 11 is 0. The zero-order valence-corrected chi connectivity index (χ0v) is 9.09. The van der Waals surface area contributed by atoms with Crippen LogP contribution in [0.3, 0.4) is 0 Å². The molecule has 0 fully saturated rings. The van der Waals surface area contributed by atoms with E-state index in [1.807, 2.05) is 13.8 Å². The number of carbonyl (C=O) groups excluding carboxylic acids is 1. The molecule has 2 nitrogen and oxygen atoms in total. The molecule has 0 heterocycles. The van der Waals surface area contributed by atoms with Crippen LogP contribution >= 0.6 is 0 Å². The first kappa shape index (κ1) is 11.9. The van der Waals surface area contributed by atoms with Crippen molar-refractivity contribution < 1.29 is 9.18 Å². The van der Waals surface area contributed by atoms with Gasteiger partial charge in [0.15, 0.2) is 5.78 Å². The maximum atomic E-state index is 13.2. The van der Waals surface area contributed by atoms with E-state index in [9.17, 15) is 9.18 Å². The summed E-state index contributed by atoms with van der Waals surface area (Å²) in [5.74, 6) is -0.649. The van der Waals surface area contributed by atoms with Crippen LogP contribution in [-0.2, 0) is 0 Å². The summed E-state index contributed by atoms with van der Waals surface area (Å²) < 4.78 is 13.2. The van der Waals surface area contributed by atoms with Crippen LogP contribution < -0.4 is 5.73 Å². The summed E-state index contributed by atoms with van der Waals surface area (Å²) in [6.45, 7) is 3.70. The first-order chi connectivity index (χ1) is 6.90. The molecule has 3 heteroatoms. The number of hydrogen-bond donors (Lipinski definition) is 1. The fraction of sp³-hybridized carbons (Fsp3) is 0.417. The highest BCUT2D eigenvalue weighted by Gasteiger charge is 2.16. The smallest absolute Gasteiger partial charge is 0.165 e. The molecule has 0 aliphatic heterocycles. The van der Waals surface area contributed by atoms with Crippen LogP contribution in [0.2, 0.25) is 0 Å². The largest absolute Gasteiger partial charge is 0.326 e. The number of rotatable bonds is 4. The lowest BCUT2D eigenvalue weighted by Crippen LogP contribution is -2.32. The van der Waals surface area contributed by atoms with Crippen LogP contribution in [0.1, 0.15) is 37.0 Å². The van der Waals surface area contributed by atoms with E-state index >= 15 is 0 Å². The van der Waals surface area contributed by atoms with Crippen molar-refractivity contribution in [3.63, 3.8) is 0 Å². The Kier molecular flexibility index (Phi) is 3.58. The number of nitrogens with two attached hydrogens (primary N) is 1. The Bertz CT molecular complexity index is 355. The number of ketones is 1. The summed E-state index contributed by atoms with van der Waals surface area (Å²) in [6, 6.07) is 6.02. The molecule has 1 rings (SSSR count). The minimum Gasteiger partial charge on any atom is -0.326 e. The lowest BCUT2D eigenvalue weighted by molar-refractivity contribution is 0.0968. The summed E-state index contributed by atoms with van der Waals surface area (Å²) in [6.07, 6.45) is 0.838. The third-order valence-electron chi connectivity index (χ3n) is 2.17. The maximum absolute atomic E-state index is 13.2. The van der Waals surface area contributed by atoms with Crippen LogP contribution in [0.15, 0.2) is 24.3 Å². The maximum Gasteiger partial charge on any atom is 0.165 e. The molecule has 0 amide bonds. The minimum absolute atomic E-state index is 0.154. The molecule has 0 bridgehead atoms. The Morgan fingerprint density at radius 2 is 2.00 bits per heavy atom. The lowest BCUT2D eigenvalue weighted by atomic mass is 9.96. The lowest BCUT2D eigenvalue weighted by Gasteiger charge is -2.17. The van der Waals surface area contributed by atoms with Gasteiger partial charge in [-0.1, -0.05) is 12.1 Å². The first-order valence-electron chi connectivity index (χ1n) is 4.97. The Morgan fingerprint density at radius 1 is 1.40 bits per heavy atom. The van der Waals surface area contributed by atoms with Gasteiger partial charge >= 0.3 is 0 Å². The van der Waals surface area contributed by atoms with Gasteiger partial charge in [-0.05, 0) is 32.4 Å². The quantitative estimate of drug-likeness (QED) is 0.774. The Morgan fingerprint density at radius 3 is 2.53 bits per heavy atom. The molecular formula is C12H16FNO. The van der Waals surface area contributed by atoms with Gasteiger partial charge in [-0.15, -0.1) is 0 Å². The Labute approximate surface area is 89.3 Å². The summed E-state index contributed by atoms with van der Waals surface area (Å²) in [5.41, 5.74) is 5.52. The molecule has 2 N–H and O–H groups in total. The van der Waals surface area contributed by atoms with E-state index in [1.54, 1.807) is 12.1 Å². The third kappa shape index (κ3) is 3.80. The normalized spacial score (nSPS) is 11.5. The van der Waals surface area contributed by atoms with Gasteiger partial charge in [0, 0.05) is 12.0 Å². The van der Waals surface area contributed by atoms with Gasteiger partial charge in [-0.2, -0.15) is 0 Å². The molecule has 0 aliphatic carbocycles. The van der Waals surface area contributed by atoms with Crippen LogP contribution in [0.25, 0.3) is 0 Å². The molecule has 0 atom stereocenters. The first-order valence-corrected chi connectivity index (χ1v) is 4.97. The molecule has 0 saturated heterocycles. The van der Waals surface area contributed by atoms with E-state index in [-0.39, 0.29) is 23.3 Å². The van der Waals surface area contributed by atoms with Gasteiger partial charge in [0.2, 0.25) is 0 Å². The Hall–Kier alpha value is -1.22. The van der Waals surface area contributed by atoms with Crippen molar-refractivity contribution in [1.29, 1.82) is 0 Å². The molecule has 0 aromatic heterocycles. The molecule has 0 aliphatic rings. The average molecular weight is 209 g/mol. The van der Waals surface area contributed by atoms with Crippen LogP contribution in [0, 0.1) is 5.82 Å².